The van der Waals surface area contributed by atoms with Gasteiger partial charge in [0.2, 0.25) is 12.2 Å². The van der Waals surface area contributed by atoms with Crippen molar-refractivity contribution in [1.29, 1.82) is 5.41 Å². The SMILES string of the molecule is CCC(C(=O)O)N(C)C(=N)NC(=O)OC(C)OC(=O)CCCc1ccccc1. The van der Waals surface area contributed by atoms with Crippen LogP contribution in [0.2, 0.25) is 0 Å². The number of alkyl carbamates (subject to hydrolysis) is 1. The molecule has 1 aromatic rings. The van der Waals surface area contributed by atoms with Crippen molar-refractivity contribution in [2.75, 3.05) is 7.05 Å². The summed E-state index contributed by atoms with van der Waals surface area (Å²) in [5.74, 6) is -2.04. The number of guanidine groups is 1. The van der Waals surface area contributed by atoms with Crippen molar-refractivity contribution >= 4 is 24.0 Å². The van der Waals surface area contributed by atoms with Gasteiger partial charge in [0, 0.05) is 20.4 Å². The Morgan fingerprint density at radius 1 is 1.21 bits per heavy atom. The highest BCUT2D eigenvalue weighted by Crippen LogP contribution is 2.07. The number of benzene rings is 1. The largest absolute Gasteiger partial charge is 0.480 e. The van der Waals surface area contributed by atoms with Gasteiger partial charge in [-0.15, -0.1) is 0 Å². The van der Waals surface area contributed by atoms with Gasteiger partial charge in [0.05, 0.1) is 0 Å². The van der Waals surface area contributed by atoms with Crippen LogP contribution in [0, 0.1) is 5.41 Å². The van der Waals surface area contributed by atoms with E-state index in [-0.39, 0.29) is 12.8 Å². The van der Waals surface area contributed by atoms with Gasteiger partial charge in [-0.05, 0) is 24.8 Å². The van der Waals surface area contributed by atoms with Gasteiger partial charge in [-0.2, -0.15) is 0 Å². The van der Waals surface area contributed by atoms with E-state index in [1.54, 1.807) is 6.92 Å². The first-order valence-electron chi connectivity index (χ1n) is 8.99. The lowest BCUT2D eigenvalue weighted by atomic mass is 10.1. The molecule has 1 aromatic carbocycles. The van der Waals surface area contributed by atoms with Gasteiger partial charge >= 0.3 is 18.0 Å². The molecule has 0 saturated carbocycles. The van der Waals surface area contributed by atoms with Gasteiger partial charge in [-0.1, -0.05) is 37.3 Å². The van der Waals surface area contributed by atoms with Crippen LogP contribution < -0.4 is 5.32 Å². The summed E-state index contributed by atoms with van der Waals surface area (Å²) in [4.78, 5) is 35.8. The van der Waals surface area contributed by atoms with Crippen LogP contribution >= 0.6 is 0 Å². The van der Waals surface area contributed by atoms with Crippen LogP contribution in [0.4, 0.5) is 4.79 Å². The molecule has 9 heteroatoms. The lowest BCUT2D eigenvalue weighted by Gasteiger charge is -2.26. The summed E-state index contributed by atoms with van der Waals surface area (Å²) < 4.78 is 9.88. The Labute approximate surface area is 164 Å². The topological polar surface area (TPSA) is 129 Å². The molecule has 0 aliphatic carbocycles. The van der Waals surface area contributed by atoms with Crippen molar-refractivity contribution < 1.29 is 29.0 Å². The van der Waals surface area contributed by atoms with Gasteiger partial charge in [0.1, 0.15) is 6.04 Å². The quantitative estimate of drug-likeness (QED) is 0.254. The second-order valence-electron chi connectivity index (χ2n) is 6.15. The number of likely N-dealkylation sites (N-methyl/N-ethyl adjacent to an activating group) is 1. The molecular formula is C19H27N3O6. The molecule has 3 N–H and O–H groups in total. The smallest absolute Gasteiger partial charge is 0.417 e. The summed E-state index contributed by atoms with van der Waals surface area (Å²) in [6.45, 7) is 3.04. The van der Waals surface area contributed by atoms with Gasteiger partial charge in [0.25, 0.3) is 0 Å². The number of carboxylic acids is 1. The van der Waals surface area contributed by atoms with Crippen molar-refractivity contribution in [3.05, 3.63) is 35.9 Å². The van der Waals surface area contributed by atoms with Crippen LogP contribution in [-0.2, 0) is 25.5 Å². The average Bonchev–Trinajstić information content (AvgIpc) is 2.62. The maximum atomic E-state index is 11.8. The van der Waals surface area contributed by atoms with E-state index in [9.17, 15) is 14.4 Å². The molecule has 1 amide bonds. The van der Waals surface area contributed by atoms with Crippen LogP contribution in [0.3, 0.4) is 0 Å². The molecular weight excluding hydrogens is 366 g/mol. The standard InChI is InChI=1S/C19H27N3O6/c1-4-15(17(24)25)22(3)18(20)21-19(26)28-13(2)27-16(23)12-8-11-14-9-6-5-7-10-14/h5-7,9-10,13,15H,4,8,11-12H2,1-3H3,(H,24,25)(H2,20,21,26). The van der Waals surface area contributed by atoms with Crippen LogP contribution in [0.5, 0.6) is 0 Å². The fourth-order valence-corrected chi connectivity index (χ4v) is 2.48. The highest BCUT2D eigenvalue weighted by atomic mass is 16.7. The van der Waals surface area contributed by atoms with Gasteiger partial charge in [0.15, 0.2) is 0 Å². The molecule has 0 saturated heterocycles. The zero-order valence-electron chi connectivity index (χ0n) is 16.3. The zero-order chi connectivity index (χ0) is 21.1. The number of carboxylic acid groups (broad SMARTS) is 1. The molecule has 0 spiro atoms. The molecule has 0 aliphatic rings. The molecule has 0 radical (unpaired) electrons. The normalized spacial score (nSPS) is 12.4. The number of hydrogen-bond acceptors (Lipinski definition) is 6. The van der Waals surface area contributed by atoms with E-state index in [2.05, 4.69) is 5.32 Å². The number of nitrogens with zero attached hydrogens (tertiary/aromatic N) is 1. The first-order chi connectivity index (χ1) is 13.2. The van der Waals surface area contributed by atoms with E-state index >= 15 is 0 Å². The fraction of sp³-hybridized carbons (Fsp3) is 0.474. The first kappa shape index (κ1) is 22.9. The summed E-state index contributed by atoms with van der Waals surface area (Å²) in [5, 5.41) is 18.9. The van der Waals surface area contributed by atoms with Gasteiger partial charge in [-0.25, -0.2) is 9.59 Å². The highest BCUT2D eigenvalue weighted by Gasteiger charge is 2.24. The maximum Gasteiger partial charge on any atom is 0.417 e. The third kappa shape index (κ3) is 8.07. The molecule has 28 heavy (non-hydrogen) atoms. The lowest BCUT2D eigenvalue weighted by Crippen LogP contribution is -2.49. The molecule has 0 heterocycles. The maximum absolute atomic E-state index is 11.8. The van der Waals surface area contributed by atoms with Crippen LogP contribution in [0.25, 0.3) is 0 Å². The summed E-state index contributed by atoms with van der Waals surface area (Å²) >= 11 is 0. The number of amides is 1. The predicted molar refractivity (Wildman–Crippen MR) is 102 cm³/mol. The van der Waals surface area contributed by atoms with Crippen molar-refractivity contribution in [3.8, 4) is 0 Å². The van der Waals surface area contributed by atoms with Crippen molar-refractivity contribution in [2.24, 2.45) is 0 Å². The van der Waals surface area contributed by atoms with E-state index in [4.69, 9.17) is 20.0 Å². The van der Waals surface area contributed by atoms with Crippen molar-refractivity contribution in [2.45, 2.75) is 51.9 Å². The lowest BCUT2D eigenvalue weighted by molar-refractivity contribution is -0.164. The zero-order valence-corrected chi connectivity index (χ0v) is 16.3. The number of nitrogens with one attached hydrogen (secondary N) is 2. The Kier molecular flexibility index (Phi) is 9.49. The molecule has 1 rings (SSSR count). The number of carbonyl (C=O) groups is 3. The van der Waals surface area contributed by atoms with Crippen molar-refractivity contribution in [1.82, 2.24) is 10.2 Å². The van der Waals surface area contributed by atoms with E-state index < -0.39 is 36.3 Å². The van der Waals surface area contributed by atoms with Crippen LogP contribution in [0.15, 0.2) is 30.3 Å². The van der Waals surface area contributed by atoms with E-state index in [0.29, 0.717) is 6.42 Å². The number of rotatable bonds is 9. The molecule has 2 unspecified atom stereocenters. The highest BCUT2D eigenvalue weighted by molar-refractivity contribution is 5.94. The molecule has 0 bridgehead atoms. The predicted octanol–water partition coefficient (Wildman–Crippen LogP) is 2.35. The molecule has 0 fully saturated rings. The third-order valence-electron chi connectivity index (χ3n) is 3.97. The van der Waals surface area contributed by atoms with Gasteiger partial charge < -0.3 is 19.5 Å². The number of aliphatic carboxylic acids is 1. The van der Waals surface area contributed by atoms with Crippen LogP contribution in [-0.4, -0.2) is 53.4 Å². The Morgan fingerprint density at radius 3 is 2.43 bits per heavy atom. The second kappa shape index (κ2) is 11.6. The third-order valence-corrected chi connectivity index (χ3v) is 3.97. The summed E-state index contributed by atoms with van der Waals surface area (Å²) in [7, 11) is 1.38. The minimum absolute atomic E-state index is 0.180. The second-order valence-corrected chi connectivity index (χ2v) is 6.15. The Bertz CT molecular complexity index is 680. The summed E-state index contributed by atoms with van der Waals surface area (Å²) in [6, 6.07) is 8.77. The molecule has 2 atom stereocenters. The van der Waals surface area contributed by atoms with E-state index in [1.165, 1.54) is 14.0 Å². The minimum Gasteiger partial charge on any atom is -0.480 e. The number of carbonyl (C=O) groups excluding carboxylic acids is 2. The number of esters is 1. The number of ether oxygens (including phenoxy) is 2. The van der Waals surface area contributed by atoms with E-state index in [0.717, 1.165) is 16.9 Å². The van der Waals surface area contributed by atoms with E-state index in [1.807, 2.05) is 30.3 Å². The summed E-state index contributed by atoms with van der Waals surface area (Å²) in [5.41, 5.74) is 1.12. The minimum atomic E-state index is -1.14. The Hall–Kier alpha value is -3.10. The van der Waals surface area contributed by atoms with Crippen molar-refractivity contribution in [3.63, 3.8) is 0 Å². The van der Waals surface area contributed by atoms with Gasteiger partial charge in [-0.3, -0.25) is 15.5 Å². The monoisotopic (exact) mass is 393 g/mol. The Morgan fingerprint density at radius 2 is 1.86 bits per heavy atom. The average molecular weight is 393 g/mol. The molecule has 0 aromatic heterocycles. The molecule has 9 nitrogen and oxygen atoms in total. The Balaban J connectivity index is 2.34. The fourth-order valence-electron chi connectivity index (χ4n) is 2.48. The summed E-state index contributed by atoms with van der Waals surface area (Å²) in [6.07, 6.45) is -0.380. The molecule has 154 valence electrons. The number of hydrogen-bond donors (Lipinski definition) is 3. The first-order valence-corrected chi connectivity index (χ1v) is 8.99. The van der Waals surface area contributed by atoms with Crippen LogP contribution in [0.1, 0.15) is 38.7 Å². The molecule has 0 aliphatic heterocycles. The number of aryl methyl sites for hydroxylation is 1.